The van der Waals surface area contributed by atoms with E-state index in [9.17, 15) is 9.18 Å². The molecule has 5 nitrogen and oxygen atoms in total. The molecule has 28 heavy (non-hydrogen) atoms. The number of carbonyl (C=O) groups is 1. The SMILES string of the molecule is C[C@H](Sc1nc(C2CC2)n(-c2ccccc2)n1)C(=O)Nc1ccc(F)cc1Cl. The molecular formula is C20H18ClFN4OS. The van der Waals surface area contributed by atoms with Gasteiger partial charge in [0.1, 0.15) is 11.6 Å². The smallest absolute Gasteiger partial charge is 0.237 e. The van der Waals surface area contributed by atoms with E-state index in [0.717, 1.165) is 24.4 Å². The van der Waals surface area contributed by atoms with Crippen LogP contribution in [0.2, 0.25) is 5.02 Å². The van der Waals surface area contributed by atoms with Crippen LogP contribution in [0.1, 0.15) is 31.5 Å². The van der Waals surface area contributed by atoms with Gasteiger partial charge in [-0.3, -0.25) is 4.79 Å². The Balaban J connectivity index is 1.50. The van der Waals surface area contributed by atoms with E-state index in [1.165, 1.54) is 30.0 Å². The number of halogens is 2. The number of amides is 1. The number of aromatic nitrogens is 3. The summed E-state index contributed by atoms with van der Waals surface area (Å²) in [4.78, 5) is 17.2. The molecule has 1 saturated carbocycles. The topological polar surface area (TPSA) is 59.8 Å². The van der Waals surface area contributed by atoms with Crippen molar-refractivity contribution in [3.05, 3.63) is 65.2 Å². The van der Waals surface area contributed by atoms with Gasteiger partial charge in [0.15, 0.2) is 0 Å². The number of hydrogen-bond donors (Lipinski definition) is 1. The van der Waals surface area contributed by atoms with Crippen molar-refractivity contribution >= 4 is 35.0 Å². The van der Waals surface area contributed by atoms with Crippen molar-refractivity contribution in [1.29, 1.82) is 0 Å². The minimum atomic E-state index is -0.450. The van der Waals surface area contributed by atoms with E-state index < -0.39 is 11.1 Å². The molecule has 8 heteroatoms. The first-order valence-electron chi connectivity index (χ1n) is 8.96. The van der Waals surface area contributed by atoms with Crippen LogP contribution in [-0.4, -0.2) is 25.9 Å². The van der Waals surface area contributed by atoms with Gasteiger partial charge in [0.2, 0.25) is 11.1 Å². The number of anilines is 1. The minimum absolute atomic E-state index is 0.160. The zero-order valence-electron chi connectivity index (χ0n) is 15.1. The van der Waals surface area contributed by atoms with Gasteiger partial charge in [-0.05, 0) is 50.1 Å². The van der Waals surface area contributed by atoms with Gasteiger partial charge in [-0.1, -0.05) is 41.6 Å². The molecule has 1 aliphatic rings. The molecule has 0 aliphatic heterocycles. The van der Waals surface area contributed by atoms with Gasteiger partial charge in [0, 0.05) is 5.92 Å². The summed E-state index contributed by atoms with van der Waals surface area (Å²) in [6.45, 7) is 1.78. The number of benzene rings is 2. The van der Waals surface area contributed by atoms with E-state index in [-0.39, 0.29) is 10.9 Å². The van der Waals surface area contributed by atoms with Crippen LogP contribution in [0.25, 0.3) is 5.69 Å². The highest BCUT2D eigenvalue weighted by molar-refractivity contribution is 8.00. The van der Waals surface area contributed by atoms with Gasteiger partial charge in [-0.2, -0.15) is 0 Å². The summed E-state index contributed by atoms with van der Waals surface area (Å²) >= 11 is 7.27. The first kappa shape index (κ1) is 19.0. The molecule has 144 valence electrons. The van der Waals surface area contributed by atoms with Crippen LogP contribution in [-0.2, 0) is 4.79 Å². The van der Waals surface area contributed by atoms with Crippen molar-refractivity contribution in [3.63, 3.8) is 0 Å². The Labute approximate surface area is 171 Å². The number of nitrogens with zero attached hydrogens (tertiary/aromatic N) is 3. The predicted molar refractivity (Wildman–Crippen MR) is 109 cm³/mol. The summed E-state index contributed by atoms with van der Waals surface area (Å²) in [7, 11) is 0. The molecular weight excluding hydrogens is 399 g/mol. The monoisotopic (exact) mass is 416 g/mol. The third kappa shape index (κ3) is 4.20. The summed E-state index contributed by atoms with van der Waals surface area (Å²) in [5, 5.41) is 7.61. The van der Waals surface area contributed by atoms with Crippen LogP contribution < -0.4 is 5.32 Å². The highest BCUT2D eigenvalue weighted by Crippen LogP contribution is 2.40. The van der Waals surface area contributed by atoms with Crippen molar-refractivity contribution in [2.75, 3.05) is 5.32 Å². The summed E-state index contributed by atoms with van der Waals surface area (Å²) in [6, 6.07) is 13.7. The summed E-state index contributed by atoms with van der Waals surface area (Å²) in [5.74, 6) is 0.656. The van der Waals surface area contributed by atoms with Crippen LogP contribution in [0.15, 0.2) is 53.7 Å². The van der Waals surface area contributed by atoms with Gasteiger partial charge in [-0.15, -0.1) is 5.10 Å². The molecule has 0 spiro atoms. The summed E-state index contributed by atoms with van der Waals surface area (Å²) in [5.41, 5.74) is 1.33. The molecule has 1 amide bonds. The second kappa shape index (κ2) is 7.93. The van der Waals surface area contributed by atoms with Crippen molar-refractivity contribution < 1.29 is 9.18 Å². The number of rotatable bonds is 6. The van der Waals surface area contributed by atoms with Gasteiger partial charge < -0.3 is 5.32 Å². The van der Waals surface area contributed by atoms with Crippen molar-refractivity contribution in [3.8, 4) is 5.69 Å². The minimum Gasteiger partial charge on any atom is -0.324 e. The van der Waals surface area contributed by atoms with Crippen LogP contribution in [0, 0.1) is 5.82 Å². The Morgan fingerprint density at radius 1 is 1.29 bits per heavy atom. The van der Waals surface area contributed by atoms with Gasteiger partial charge in [0.25, 0.3) is 0 Å². The quantitative estimate of drug-likeness (QED) is 0.571. The molecule has 1 heterocycles. The molecule has 4 rings (SSSR count). The molecule has 1 aromatic heterocycles. The fourth-order valence-corrected chi connectivity index (χ4v) is 3.73. The van der Waals surface area contributed by atoms with Crippen molar-refractivity contribution in [2.45, 2.75) is 36.1 Å². The lowest BCUT2D eigenvalue weighted by Gasteiger charge is -2.11. The molecule has 0 saturated heterocycles. The van der Waals surface area contributed by atoms with Gasteiger partial charge >= 0.3 is 0 Å². The maximum atomic E-state index is 13.2. The second-order valence-corrected chi connectivity index (χ2v) is 8.36. The van der Waals surface area contributed by atoms with Crippen LogP contribution in [0.3, 0.4) is 0 Å². The van der Waals surface area contributed by atoms with E-state index in [1.807, 2.05) is 35.0 Å². The van der Waals surface area contributed by atoms with Crippen LogP contribution in [0.4, 0.5) is 10.1 Å². The second-order valence-electron chi connectivity index (χ2n) is 6.65. The molecule has 1 N–H and O–H groups in total. The third-order valence-electron chi connectivity index (χ3n) is 4.40. The van der Waals surface area contributed by atoms with E-state index in [4.69, 9.17) is 11.6 Å². The molecule has 1 atom stereocenters. The molecule has 1 fully saturated rings. The zero-order valence-corrected chi connectivity index (χ0v) is 16.7. The van der Waals surface area contributed by atoms with Gasteiger partial charge in [0.05, 0.1) is 21.6 Å². The summed E-state index contributed by atoms with van der Waals surface area (Å²) in [6.07, 6.45) is 2.21. The third-order valence-corrected chi connectivity index (χ3v) is 5.66. The molecule has 2 aromatic carbocycles. The number of carbonyl (C=O) groups excluding carboxylic acids is 1. The molecule has 0 radical (unpaired) electrons. The Morgan fingerprint density at radius 2 is 2.04 bits per heavy atom. The highest BCUT2D eigenvalue weighted by atomic mass is 35.5. The number of hydrogen-bond acceptors (Lipinski definition) is 4. The first-order chi connectivity index (χ1) is 13.5. The molecule has 0 unspecified atom stereocenters. The number of para-hydroxylation sites is 1. The number of nitrogens with one attached hydrogen (secondary N) is 1. The molecule has 1 aliphatic carbocycles. The lowest BCUT2D eigenvalue weighted by atomic mass is 10.3. The Kier molecular flexibility index (Phi) is 5.37. The van der Waals surface area contributed by atoms with Crippen LogP contribution in [0.5, 0.6) is 0 Å². The van der Waals surface area contributed by atoms with E-state index in [1.54, 1.807) is 6.92 Å². The van der Waals surface area contributed by atoms with E-state index in [2.05, 4.69) is 15.4 Å². The normalized spacial score (nSPS) is 14.7. The Bertz CT molecular complexity index is 1010. The lowest BCUT2D eigenvalue weighted by Crippen LogP contribution is -2.22. The highest BCUT2D eigenvalue weighted by Gasteiger charge is 2.31. The fraction of sp³-hybridized carbons (Fsp3) is 0.250. The Morgan fingerprint density at radius 3 is 2.71 bits per heavy atom. The largest absolute Gasteiger partial charge is 0.324 e. The standard InChI is InChI=1S/C20H18ClFN4OS/c1-12(19(27)23-17-10-9-14(22)11-16(17)21)28-20-24-18(13-7-8-13)26(25-20)15-5-3-2-4-6-15/h2-6,9-13H,7-8H2,1H3,(H,23,27)/t12-/m0/s1. The maximum absolute atomic E-state index is 13.2. The fourth-order valence-electron chi connectivity index (χ4n) is 2.76. The van der Waals surface area contributed by atoms with Crippen molar-refractivity contribution in [1.82, 2.24) is 14.8 Å². The average molecular weight is 417 g/mol. The first-order valence-corrected chi connectivity index (χ1v) is 10.2. The average Bonchev–Trinajstić information content (AvgIpc) is 3.45. The van der Waals surface area contributed by atoms with Gasteiger partial charge in [-0.25, -0.2) is 14.1 Å². The molecule has 0 bridgehead atoms. The Hall–Kier alpha value is -2.38. The van der Waals surface area contributed by atoms with Crippen LogP contribution >= 0.6 is 23.4 Å². The van der Waals surface area contributed by atoms with Crippen molar-refractivity contribution in [2.24, 2.45) is 0 Å². The summed E-state index contributed by atoms with van der Waals surface area (Å²) < 4.78 is 15.0. The predicted octanol–water partition coefficient (Wildman–Crippen LogP) is 5.06. The number of thioether (sulfide) groups is 1. The maximum Gasteiger partial charge on any atom is 0.237 e. The zero-order chi connectivity index (χ0) is 19.7. The lowest BCUT2D eigenvalue weighted by molar-refractivity contribution is -0.115. The van der Waals surface area contributed by atoms with E-state index >= 15 is 0 Å². The molecule has 3 aromatic rings. The van der Waals surface area contributed by atoms with E-state index in [0.29, 0.717) is 16.8 Å².